The first-order valence-corrected chi connectivity index (χ1v) is 18.5. The number of benzene rings is 2. The van der Waals surface area contributed by atoms with E-state index in [-0.39, 0.29) is 26.1 Å². The van der Waals surface area contributed by atoms with Crippen LogP contribution in [0.25, 0.3) is 11.0 Å². The molecule has 9 nitrogen and oxygen atoms in total. The molecule has 1 aliphatic heterocycles. The summed E-state index contributed by atoms with van der Waals surface area (Å²) < 4.78 is 59.8. The Balaban J connectivity index is 0.000000461. The summed E-state index contributed by atoms with van der Waals surface area (Å²) in [7, 11) is -3.35. The SMILES string of the molecule is Cn1cnc2c(F)c3c(cc21)N=C[N+]3(CCO[Si](C)(C)C(C)(C)C)Nc1ccc(I)cc1F.NS(=O)(=O)C1CC1. The Bertz CT molecular complexity index is 1570. The molecule has 1 fully saturated rings. The number of sulfonamides is 1. The Morgan fingerprint density at radius 2 is 1.93 bits per heavy atom. The van der Waals surface area contributed by atoms with Crippen molar-refractivity contribution >= 4 is 75.4 Å². The van der Waals surface area contributed by atoms with Crippen LogP contribution in [0.15, 0.2) is 35.6 Å². The van der Waals surface area contributed by atoms with Crippen LogP contribution in [0.1, 0.15) is 33.6 Å². The van der Waals surface area contributed by atoms with E-state index < -0.39 is 30.0 Å². The van der Waals surface area contributed by atoms with Gasteiger partial charge in [0.1, 0.15) is 23.4 Å². The molecule has 40 heavy (non-hydrogen) atoms. The maximum atomic E-state index is 15.9. The second-order valence-corrected chi connectivity index (χ2v) is 19.7. The topological polar surface area (TPSA) is 112 Å². The average molecular weight is 706 g/mol. The summed E-state index contributed by atoms with van der Waals surface area (Å²) in [5.41, 5.74) is 5.21. The molecule has 1 aromatic heterocycles. The first kappa shape index (κ1) is 31.0. The van der Waals surface area contributed by atoms with E-state index >= 15 is 4.39 Å². The lowest BCUT2D eigenvalue weighted by molar-refractivity contribution is 0.261. The van der Waals surface area contributed by atoms with Crippen LogP contribution < -0.4 is 15.2 Å². The number of nitrogens with one attached hydrogen (secondary N) is 1. The number of anilines is 1. The van der Waals surface area contributed by atoms with Crippen LogP contribution in [0.3, 0.4) is 0 Å². The molecule has 218 valence electrons. The summed E-state index contributed by atoms with van der Waals surface area (Å²) in [6, 6.07) is 6.73. The Morgan fingerprint density at radius 1 is 1.25 bits per heavy atom. The van der Waals surface area contributed by atoms with Crippen LogP contribution in [0.4, 0.5) is 25.8 Å². The molecule has 2 heterocycles. The molecule has 0 radical (unpaired) electrons. The molecular formula is C26H36F2IN6O3SSi+. The lowest BCUT2D eigenvalue weighted by Crippen LogP contribution is -2.55. The summed E-state index contributed by atoms with van der Waals surface area (Å²) >= 11 is 2.06. The molecular weight excluding hydrogens is 669 g/mol. The fraction of sp³-hybridized carbons (Fsp3) is 0.462. The number of primary sulfonamides is 1. The Kier molecular flexibility index (Phi) is 8.53. The van der Waals surface area contributed by atoms with Crippen molar-refractivity contribution in [1.29, 1.82) is 0 Å². The highest BCUT2D eigenvalue weighted by atomic mass is 127. The van der Waals surface area contributed by atoms with Gasteiger partial charge in [0, 0.05) is 10.6 Å². The fourth-order valence-electron chi connectivity index (χ4n) is 4.06. The van der Waals surface area contributed by atoms with Gasteiger partial charge >= 0.3 is 0 Å². The van der Waals surface area contributed by atoms with Crippen LogP contribution >= 0.6 is 22.6 Å². The molecule has 0 saturated heterocycles. The fourth-order valence-corrected chi connectivity index (χ4v) is 6.34. The minimum Gasteiger partial charge on any atom is -0.411 e. The number of fused-ring (bicyclic) bond motifs is 2. The number of hydrogen-bond donors (Lipinski definition) is 2. The van der Waals surface area contributed by atoms with Crippen LogP contribution in [-0.4, -0.2) is 51.0 Å². The predicted octanol–water partition coefficient (Wildman–Crippen LogP) is 5.92. The molecule has 1 aliphatic carbocycles. The monoisotopic (exact) mass is 705 g/mol. The number of nitrogens with two attached hydrogens (primary N) is 1. The second-order valence-electron chi connectivity index (χ2n) is 11.8. The molecule has 1 unspecified atom stereocenters. The minimum atomic E-state index is -3.13. The maximum Gasteiger partial charge on any atom is 0.227 e. The standard InChI is InChI=1S/C23H29F2IN5OSi.C3H7NO2S/c1-23(2,3)33(5,6)32-10-9-31(29-17-8-7-15(26)11-16(17)24)14-28-18-12-19-21(20(25)22(18)31)27-13-30(19)4;4-7(5,6)3-1-2-3/h7-8,11-14,29H,9-10H2,1-6H3;3H,1-2H2,(H2,4,5,6)/q+1;. The van der Waals surface area contributed by atoms with E-state index in [0.717, 1.165) is 16.4 Å². The summed E-state index contributed by atoms with van der Waals surface area (Å²) in [4.78, 5) is 8.77. The first-order valence-electron chi connectivity index (χ1n) is 12.9. The lowest BCUT2D eigenvalue weighted by atomic mass is 10.2. The predicted molar refractivity (Wildman–Crippen MR) is 168 cm³/mol. The first-order chi connectivity index (χ1) is 18.4. The zero-order valence-electron chi connectivity index (χ0n) is 23.5. The summed E-state index contributed by atoms with van der Waals surface area (Å²) in [5.74, 6) is -0.878. The normalized spacial score (nSPS) is 18.9. The van der Waals surface area contributed by atoms with Gasteiger partial charge in [0.05, 0.1) is 23.7 Å². The molecule has 2 aliphatic rings. The van der Waals surface area contributed by atoms with Crippen LogP contribution in [0.5, 0.6) is 0 Å². The van der Waals surface area contributed by atoms with Crippen molar-refractivity contribution < 1.29 is 21.6 Å². The van der Waals surface area contributed by atoms with Crippen molar-refractivity contribution in [3.8, 4) is 0 Å². The van der Waals surface area contributed by atoms with Crippen molar-refractivity contribution in [2.45, 2.75) is 57.0 Å². The number of aliphatic imine (C=N–C) groups is 1. The third kappa shape index (κ3) is 6.41. The smallest absolute Gasteiger partial charge is 0.227 e. The minimum absolute atomic E-state index is 0.0376. The van der Waals surface area contributed by atoms with Crippen molar-refractivity contribution in [2.75, 3.05) is 18.6 Å². The van der Waals surface area contributed by atoms with E-state index in [4.69, 9.17) is 9.56 Å². The highest BCUT2D eigenvalue weighted by Gasteiger charge is 2.44. The van der Waals surface area contributed by atoms with E-state index in [1.165, 1.54) is 6.07 Å². The van der Waals surface area contributed by atoms with Crippen molar-refractivity contribution in [1.82, 2.24) is 14.1 Å². The summed E-state index contributed by atoms with van der Waals surface area (Å²) in [5, 5.41) is 4.55. The van der Waals surface area contributed by atoms with Crippen LogP contribution in [0, 0.1) is 15.2 Å². The van der Waals surface area contributed by atoms with E-state index in [0.29, 0.717) is 30.0 Å². The molecule has 0 bridgehead atoms. The van der Waals surface area contributed by atoms with Gasteiger partial charge in [-0.15, -0.1) is 4.59 Å². The largest absolute Gasteiger partial charge is 0.411 e. The highest BCUT2D eigenvalue weighted by molar-refractivity contribution is 14.1. The third-order valence-corrected chi connectivity index (χ3v) is 14.3. The van der Waals surface area contributed by atoms with Gasteiger partial charge in [-0.25, -0.2) is 28.4 Å². The number of halogens is 3. The lowest BCUT2D eigenvalue weighted by Gasteiger charge is -2.37. The molecule has 3 aromatic rings. The van der Waals surface area contributed by atoms with Gasteiger partial charge in [0.25, 0.3) is 0 Å². The summed E-state index contributed by atoms with van der Waals surface area (Å²) in [6.07, 6.45) is 4.73. The number of aryl methyl sites for hydroxylation is 1. The van der Waals surface area contributed by atoms with Crippen LogP contribution in [0.2, 0.25) is 18.1 Å². The molecule has 1 saturated carbocycles. The Morgan fingerprint density at radius 3 is 2.48 bits per heavy atom. The number of imidazole rings is 1. The molecule has 5 rings (SSSR count). The molecule has 2 aromatic carbocycles. The number of hydrogen-bond acceptors (Lipinski definition) is 6. The molecule has 1 atom stereocenters. The average Bonchev–Trinajstić information content (AvgIpc) is 3.56. The van der Waals surface area contributed by atoms with Gasteiger partial charge in [-0.05, 0) is 77.8 Å². The van der Waals surface area contributed by atoms with Crippen molar-refractivity contribution in [2.24, 2.45) is 17.2 Å². The van der Waals surface area contributed by atoms with Crippen molar-refractivity contribution in [3.63, 3.8) is 0 Å². The number of nitrogens with zero attached hydrogens (tertiary/aromatic N) is 4. The molecule has 3 N–H and O–H groups in total. The number of aromatic nitrogens is 2. The number of quaternary nitrogens is 1. The van der Waals surface area contributed by atoms with E-state index in [1.807, 2.05) is 13.1 Å². The van der Waals surface area contributed by atoms with E-state index in [2.05, 4.69) is 71.9 Å². The Hall–Kier alpha value is -1.98. The van der Waals surface area contributed by atoms with E-state index in [9.17, 15) is 12.8 Å². The Labute approximate surface area is 248 Å². The van der Waals surface area contributed by atoms with Gasteiger partial charge in [-0.2, -0.15) is 9.38 Å². The highest BCUT2D eigenvalue weighted by Crippen LogP contribution is 2.44. The van der Waals surface area contributed by atoms with Gasteiger partial charge in [0.15, 0.2) is 14.1 Å². The van der Waals surface area contributed by atoms with Crippen molar-refractivity contribution in [3.05, 3.63) is 45.8 Å². The van der Waals surface area contributed by atoms with Gasteiger partial charge in [-0.3, -0.25) is 0 Å². The molecule has 14 heteroatoms. The summed E-state index contributed by atoms with van der Waals surface area (Å²) in [6.45, 7) is 11.6. The maximum absolute atomic E-state index is 15.9. The van der Waals surface area contributed by atoms with Gasteiger partial charge < -0.3 is 8.99 Å². The third-order valence-electron chi connectivity index (χ3n) is 7.66. The quantitative estimate of drug-likeness (QED) is 0.180. The van der Waals surface area contributed by atoms with Gasteiger partial charge in [0.2, 0.25) is 27.9 Å². The molecule has 0 amide bonds. The van der Waals surface area contributed by atoms with Gasteiger partial charge in [-0.1, -0.05) is 20.8 Å². The zero-order chi connectivity index (χ0) is 29.7. The van der Waals surface area contributed by atoms with E-state index in [1.54, 1.807) is 29.4 Å². The molecule has 0 spiro atoms. The zero-order valence-corrected chi connectivity index (χ0v) is 27.5. The number of rotatable bonds is 7. The van der Waals surface area contributed by atoms with Crippen LogP contribution in [-0.2, 0) is 21.5 Å². The second kappa shape index (κ2) is 11.0.